The van der Waals surface area contributed by atoms with E-state index in [1.54, 1.807) is 34.6 Å². The van der Waals surface area contributed by atoms with E-state index < -0.39 is 38.0 Å². The topological polar surface area (TPSA) is 83.1 Å². The molecule has 1 fully saturated rings. The van der Waals surface area contributed by atoms with Crippen molar-refractivity contribution >= 4 is 20.2 Å². The van der Waals surface area contributed by atoms with E-state index >= 15 is 0 Å². The fraction of sp³-hybridized carbons (Fsp3) is 0.895. The number of alkyl carbamates (subject to hydrolysis) is 1. The van der Waals surface area contributed by atoms with Gasteiger partial charge in [-0.05, 0) is 52.8 Å². The number of rotatable bonds is 6. The van der Waals surface area contributed by atoms with E-state index in [0.29, 0.717) is 0 Å². The molecular weight excluding hydrogens is 366 g/mol. The van der Waals surface area contributed by atoms with Gasteiger partial charge in [0.2, 0.25) is 0 Å². The zero-order valence-corrected chi connectivity index (χ0v) is 19.5. The summed E-state index contributed by atoms with van der Waals surface area (Å²) in [4.78, 5) is 24.4. The maximum absolute atomic E-state index is 12.6. The van der Waals surface area contributed by atoms with Crippen LogP contribution in [0.5, 0.6) is 0 Å². The van der Waals surface area contributed by atoms with Gasteiger partial charge in [0.15, 0.2) is 19.9 Å². The number of ether oxygens (including phenoxy) is 3. The first-order valence-corrected chi connectivity index (χ1v) is 12.3. The molecule has 0 bridgehead atoms. The molecule has 1 saturated heterocycles. The molecule has 0 unspecified atom stereocenters. The lowest BCUT2D eigenvalue weighted by Gasteiger charge is -2.37. The van der Waals surface area contributed by atoms with Gasteiger partial charge in [0.1, 0.15) is 17.8 Å². The molecule has 0 aliphatic carbocycles. The van der Waals surface area contributed by atoms with Crippen molar-refractivity contribution in [2.75, 3.05) is 13.2 Å². The van der Waals surface area contributed by atoms with Crippen molar-refractivity contribution in [1.82, 2.24) is 5.32 Å². The van der Waals surface area contributed by atoms with Gasteiger partial charge >= 0.3 is 6.09 Å². The van der Waals surface area contributed by atoms with Crippen LogP contribution < -0.4 is 5.32 Å². The Bertz CT molecular complexity index is 547. The summed E-state index contributed by atoms with van der Waals surface area (Å²) >= 11 is 0. The second kappa shape index (κ2) is 8.19. The van der Waals surface area contributed by atoms with Crippen LogP contribution in [0, 0.1) is 0 Å². The summed E-state index contributed by atoms with van der Waals surface area (Å²) in [5, 5.41) is 2.54. The standard InChI is InChI=1S/C19H37NO6Si/c1-17(2,3)26-16(22)20-11-13(21)15-14(24-19(7,8)25-15)12-23-27(9,10)18(4,5)6/h14-15H,11-12H2,1-10H3,(H,20,22)/t14-,15+/m0/s1. The molecule has 7 nitrogen and oxygen atoms in total. The van der Waals surface area contributed by atoms with E-state index in [1.165, 1.54) is 0 Å². The molecular formula is C19H37NO6Si. The van der Waals surface area contributed by atoms with Crippen molar-refractivity contribution < 1.29 is 28.2 Å². The first-order chi connectivity index (χ1) is 11.9. The minimum atomic E-state index is -1.98. The third-order valence-corrected chi connectivity index (χ3v) is 9.22. The predicted octanol–water partition coefficient (Wildman–Crippen LogP) is 3.62. The van der Waals surface area contributed by atoms with Gasteiger partial charge in [-0.1, -0.05) is 20.8 Å². The zero-order valence-electron chi connectivity index (χ0n) is 18.5. The highest BCUT2D eigenvalue weighted by Gasteiger charge is 2.46. The lowest BCUT2D eigenvalue weighted by atomic mass is 10.1. The van der Waals surface area contributed by atoms with E-state index in [1.807, 2.05) is 0 Å². The second-order valence-corrected chi connectivity index (χ2v) is 14.8. The van der Waals surface area contributed by atoms with Gasteiger partial charge in [-0.3, -0.25) is 4.79 Å². The summed E-state index contributed by atoms with van der Waals surface area (Å²) in [6.45, 7) is 19.7. The molecule has 1 N–H and O–H groups in total. The lowest BCUT2D eigenvalue weighted by molar-refractivity contribution is -0.155. The molecule has 1 rings (SSSR count). The minimum absolute atomic E-state index is 0.0553. The normalized spacial score (nSPS) is 23.2. The molecule has 0 saturated carbocycles. The molecule has 1 heterocycles. The van der Waals surface area contributed by atoms with Gasteiger partial charge in [-0.2, -0.15) is 0 Å². The maximum atomic E-state index is 12.6. The summed E-state index contributed by atoms with van der Waals surface area (Å²) in [7, 11) is -1.98. The Labute approximate surface area is 164 Å². The highest BCUT2D eigenvalue weighted by Crippen LogP contribution is 2.37. The van der Waals surface area contributed by atoms with Crippen molar-refractivity contribution in [3.63, 3.8) is 0 Å². The summed E-state index contributed by atoms with van der Waals surface area (Å²) in [6, 6.07) is 0. The summed E-state index contributed by atoms with van der Waals surface area (Å²) < 4.78 is 23.0. The van der Waals surface area contributed by atoms with E-state index in [4.69, 9.17) is 18.6 Å². The van der Waals surface area contributed by atoms with Crippen LogP contribution in [0.15, 0.2) is 0 Å². The largest absolute Gasteiger partial charge is 0.444 e. The minimum Gasteiger partial charge on any atom is -0.444 e. The van der Waals surface area contributed by atoms with Crippen molar-refractivity contribution in [3.05, 3.63) is 0 Å². The van der Waals surface area contributed by atoms with Crippen molar-refractivity contribution in [3.8, 4) is 0 Å². The number of carbonyl (C=O) groups is 2. The van der Waals surface area contributed by atoms with Gasteiger partial charge in [0, 0.05) is 0 Å². The average Bonchev–Trinajstić information content (AvgIpc) is 2.75. The van der Waals surface area contributed by atoms with Crippen LogP contribution in [0.3, 0.4) is 0 Å². The average molecular weight is 404 g/mol. The zero-order chi connectivity index (χ0) is 21.3. The van der Waals surface area contributed by atoms with E-state index in [-0.39, 0.29) is 24.0 Å². The quantitative estimate of drug-likeness (QED) is 0.682. The fourth-order valence-corrected chi connectivity index (χ4v) is 3.33. The highest BCUT2D eigenvalue weighted by atomic mass is 28.4. The van der Waals surface area contributed by atoms with E-state index in [9.17, 15) is 9.59 Å². The Morgan fingerprint density at radius 1 is 1.07 bits per heavy atom. The van der Waals surface area contributed by atoms with Crippen molar-refractivity contribution in [2.45, 2.75) is 97.1 Å². The predicted molar refractivity (Wildman–Crippen MR) is 106 cm³/mol. The van der Waals surface area contributed by atoms with Gasteiger partial charge in [0.05, 0.1) is 13.2 Å². The molecule has 27 heavy (non-hydrogen) atoms. The summed E-state index contributed by atoms with van der Waals surface area (Å²) in [5.74, 6) is -1.15. The first-order valence-electron chi connectivity index (χ1n) is 9.43. The second-order valence-electron chi connectivity index (χ2n) is 9.99. The van der Waals surface area contributed by atoms with Crippen molar-refractivity contribution in [2.24, 2.45) is 0 Å². The Morgan fingerprint density at radius 3 is 2.11 bits per heavy atom. The van der Waals surface area contributed by atoms with E-state index in [0.717, 1.165) is 0 Å². The fourth-order valence-electron chi connectivity index (χ4n) is 2.31. The molecule has 0 radical (unpaired) electrons. The number of Topliss-reactive ketones (excluding diaryl/α,β-unsaturated/α-hetero) is 1. The Morgan fingerprint density at radius 2 is 1.63 bits per heavy atom. The number of ketones is 1. The van der Waals surface area contributed by atoms with Crippen LogP contribution >= 0.6 is 0 Å². The molecule has 1 aliphatic heterocycles. The molecule has 0 aromatic heterocycles. The van der Waals surface area contributed by atoms with Gasteiger partial charge in [0.25, 0.3) is 0 Å². The lowest BCUT2D eigenvalue weighted by Crippen LogP contribution is -2.46. The molecule has 2 atom stereocenters. The number of nitrogens with one attached hydrogen (secondary N) is 1. The smallest absolute Gasteiger partial charge is 0.408 e. The molecule has 8 heteroatoms. The van der Waals surface area contributed by atoms with Crippen LogP contribution in [0.4, 0.5) is 4.79 Å². The number of amides is 1. The third-order valence-electron chi connectivity index (χ3n) is 4.72. The van der Waals surface area contributed by atoms with Crippen LogP contribution in [0.1, 0.15) is 55.4 Å². The SMILES string of the molecule is CC(C)(C)OC(=O)NCC(=O)[C@H]1OC(C)(C)O[C@H]1CO[Si](C)(C)C(C)(C)C. The van der Waals surface area contributed by atoms with E-state index in [2.05, 4.69) is 39.2 Å². The van der Waals surface area contributed by atoms with Crippen LogP contribution in [0.2, 0.25) is 18.1 Å². The molecule has 0 spiro atoms. The molecule has 0 aromatic rings. The van der Waals surface area contributed by atoms with Gasteiger partial charge < -0.3 is 24.0 Å². The molecule has 1 aliphatic rings. The highest BCUT2D eigenvalue weighted by molar-refractivity contribution is 6.74. The van der Waals surface area contributed by atoms with Crippen molar-refractivity contribution in [1.29, 1.82) is 0 Å². The monoisotopic (exact) mass is 403 g/mol. The van der Waals surface area contributed by atoms with Crippen LogP contribution in [0.25, 0.3) is 0 Å². The third kappa shape index (κ3) is 7.52. The molecule has 0 aromatic carbocycles. The van der Waals surface area contributed by atoms with Crippen LogP contribution in [-0.2, 0) is 23.4 Å². The number of hydrogen-bond acceptors (Lipinski definition) is 6. The molecule has 158 valence electrons. The Hall–Kier alpha value is -0.963. The van der Waals surface area contributed by atoms with Gasteiger partial charge in [-0.15, -0.1) is 0 Å². The number of hydrogen-bond donors (Lipinski definition) is 1. The number of carbonyl (C=O) groups excluding carboxylic acids is 2. The Balaban J connectivity index is 2.70. The maximum Gasteiger partial charge on any atom is 0.408 e. The first kappa shape index (κ1) is 24.1. The van der Waals surface area contributed by atoms with Gasteiger partial charge in [-0.25, -0.2) is 4.79 Å². The Kier molecular flexibility index (Phi) is 7.30. The molecule has 1 amide bonds. The summed E-state index contributed by atoms with van der Waals surface area (Å²) in [6.07, 6.45) is -1.94. The van der Waals surface area contributed by atoms with Crippen LogP contribution in [-0.4, -0.2) is 56.9 Å². The summed E-state index contributed by atoms with van der Waals surface area (Å²) in [5.41, 5.74) is -0.623.